The molecule has 0 aliphatic carbocycles. The molecule has 0 N–H and O–H groups in total. The highest BCUT2D eigenvalue weighted by Gasteiger charge is 2.15. The van der Waals surface area contributed by atoms with Crippen molar-refractivity contribution in [3.05, 3.63) is 27.9 Å². The first-order valence-corrected chi connectivity index (χ1v) is 5.19. The van der Waals surface area contributed by atoms with Gasteiger partial charge in [0.05, 0.1) is 11.6 Å². The molecule has 2 rings (SSSR count). The van der Waals surface area contributed by atoms with Crippen LogP contribution in [0.3, 0.4) is 0 Å². The molecule has 1 aromatic heterocycles. The molecule has 15 heavy (non-hydrogen) atoms. The predicted octanol–water partition coefficient (Wildman–Crippen LogP) is 3.32. The number of carbonyl (C=O) groups excluding carboxylic acids is 1. The highest BCUT2D eigenvalue weighted by Crippen LogP contribution is 2.37. The number of ether oxygens (including phenoxy) is 1. The van der Waals surface area contributed by atoms with Gasteiger partial charge in [-0.15, -0.1) is 0 Å². The Morgan fingerprint density at radius 3 is 2.80 bits per heavy atom. The number of fused-ring (bicyclic) bond motifs is 1. The van der Waals surface area contributed by atoms with Crippen molar-refractivity contribution in [2.75, 3.05) is 7.11 Å². The number of hydrogen-bond donors (Lipinski definition) is 0. The Morgan fingerprint density at radius 1 is 1.47 bits per heavy atom. The van der Waals surface area contributed by atoms with Gasteiger partial charge in [-0.2, -0.15) is 0 Å². The molecule has 0 saturated heterocycles. The Hall–Kier alpha value is -1.29. The first-order valence-electron chi connectivity index (χ1n) is 4.39. The molecule has 0 atom stereocenters. The molecule has 1 heterocycles. The topological polar surface area (TPSA) is 39.4 Å². The van der Waals surface area contributed by atoms with Gasteiger partial charge in [0.2, 0.25) is 0 Å². The van der Waals surface area contributed by atoms with E-state index in [4.69, 9.17) is 9.15 Å². The first kappa shape index (κ1) is 10.2. The van der Waals surface area contributed by atoms with Gasteiger partial charge in [0.15, 0.2) is 12.0 Å². The number of benzene rings is 1. The maximum Gasteiger partial charge on any atom is 0.185 e. The van der Waals surface area contributed by atoms with Crippen molar-refractivity contribution in [1.82, 2.24) is 0 Å². The van der Waals surface area contributed by atoms with E-state index in [1.807, 2.05) is 6.92 Å². The Balaban J connectivity index is 2.85. The number of aryl methyl sites for hydroxylation is 1. The second-order valence-corrected chi connectivity index (χ2v) is 3.96. The van der Waals surface area contributed by atoms with Crippen LogP contribution >= 0.6 is 15.9 Å². The van der Waals surface area contributed by atoms with Crippen molar-refractivity contribution >= 4 is 33.2 Å². The molecule has 2 aromatic rings. The van der Waals surface area contributed by atoms with Gasteiger partial charge in [0.25, 0.3) is 0 Å². The number of halogens is 1. The third kappa shape index (κ3) is 1.45. The third-order valence-electron chi connectivity index (χ3n) is 2.36. The fourth-order valence-corrected chi connectivity index (χ4v) is 2.35. The lowest BCUT2D eigenvalue weighted by Gasteiger charge is -2.03. The zero-order chi connectivity index (χ0) is 11.0. The molecule has 78 valence electrons. The van der Waals surface area contributed by atoms with E-state index >= 15 is 0 Å². The van der Waals surface area contributed by atoms with Crippen LogP contribution in [-0.2, 0) is 0 Å². The Labute approximate surface area is 95.1 Å². The summed E-state index contributed by atoms with van der Waals surface area (Å²) < 4.78 is 11.4. The van der Waals surface area contributed by atoms with E-state index < -0.39 is 0 Å². The van der Waals surface area contributed by atoms with Gasteiger partial charge in [0.1, 0.15) is 11.3 Å². The average molecular weight is 269 g/mol. The second kappa shape index (κ2) is 3.70. The van der Waals surface area contributed by atoms with Gasteiger partial charge >= 0.3 is 0 Å². The lowest BCUT2D eigenvalue weighted by molar-refractivity contribution is 0.110. The van der Waals surface area contributed by atoms with Crippen LogP contribution in [-0.4, -0.2) is 13.4 Å². The number of furan rings is 1. The lowest BCUT2D eigenvalue weighted by Crippen LogP contribution is -1.85. The van der Waals surface area contributed by atoms with Gasteiger partial charge in [-0.3, -0.25) is 4.79 Å². The average Bonchev–Trinajstić information content (AvgIpc) is 2.57. The summed E-state index contributed by atoms with van der Waals surface area (Å²) in [5.74, 6) is 1.09. The molecule has 0 spiro atoms. The number of methoxy groups -OCH3 is 1. The second-order valence-electron chi connectivity index (χ2n) is 3.16. The Morgan fingerprint density at radius 2 is 2.20 bits per heavy atom. The molecule has 0 bridgehead atoms. The van der Waals surface area contributed by atoms with Crippen molar-refractivity contribution in [2.24, 2.45) is 0 Å². The number of aldehydes is 1. The summed E-state index contributed by atoms with van der Waals surface area (Å²) in [6, 6.07) is 3.59. The van der Waals surface area contributed by atoms with Gasteiger partial charge in [-0.05, 0) is 35.0 Å². The van der Waals surface area contributed by atoms with Crippen LogP contribution < -0.4 is 4.74 Å². The van der Waals surface area contributed by atoms with Crippen LogP contribution in [0.15, 0.2) is 21.0 Å². The van der Waals surface area contributed by atoms with Crippen LogP contribution in [0.1, 0.15) is 16.1 Å². The molecule has 0 aliphatic rings. The highest BCUT2D eigenvalue weighted by atomic mass is 79.9. The normalized spacial score (nSPS) is 10.6. The first-order chi connectivity index (χ1) is 7.19. The van der Waals surface area contributed by atoms with E-state index in [0.29, 0.717) is 17.6 Å². The lowest BCUT2D eigenvalue weighted by atomic mass is 10.1. The van der Waals surface area contributed by atoms with Crippen molar-refractivity contribution in [1.29, 1.82) is 0 Å². The fourth-order valence-electron chi connectivity index (χ4n) is 1.56. The van der Waals surface area contributed by atoms with E-state index in [1.165, 1.54) is 0 Å². The summed E-state index contributed by atoms with van der Waals surface area (Å²) in [7, 11) is 1.60. The molecule has 1 aromatic carbocycles. The summed E-state index contributed by atoms with van der Waals surface area (Å²) >= 11 is 3.43. The van der Waals surface area contributed by atoms with Crippen molar-refractivity contribution in [3.63, 3.8) is 0 Å². The van der Waals surface area contributed by atoms with E-state index in [0.717, 1.165) is 21.2 Å². The molecule has 0 fully saturated rings. The van der Waals surface area contributed by atoms with Gasteiger partial charge in [0, 0.05) is 10.9 Å². The Kier molecular flexibility index (Phi) is 2.52. The van der Waals surface area contributed by atoms with E-state index in [2.05, 4.69) is 15.9 Å². The molecule has 3 nitrogen and oxygen atoms in total. The number of rotatable bonds is 2. The molecule has 0 radical (unpaired) electrons. The summed E-state index contributed by atoms with van der Waals surface area (Å²) in [6.07, 6.45) is 0.717. The zero-order valence-corrected chi connectivity index (χ0v) is 9.92. The maximum absolute atomic E-state index is 10.7. The summed E-state index contributed by atoms with van der Waals surface area (Å²) in [6.45, 7) is 1.85. The Bertz CT molecular complexity index is 528. The minimum Gasteiger partial charge on any atom is -0.496 e. The van der Waals surface area contributed by atoms with E-state index in [-0.39, 0.29) is 0 Å². The molecule has 0 amide bonds. The number of carbonyl (C=O) groups is 1. The molecule has 0 saturated carbocycles. The number of hydrogen-bond acceptors (Lipinski definition) is 3. The quantitative estimate of drug-likeness (QED) is 0.785. The monoisotopic (exact) mass is 268 g/mol. The van der Waals surface area contributed by atoms with Gasteiger partial charge < -0.3 is 9.15 Å². The summed E-state index contributed by atoms with van der Waals surface area (Å²) in [5, 5.41) is 0.886. The predicted molar refractivity (Wildman–Crippen MR) is 60.6 cm³/mol. The summed E-state index contributed by atoms with van der Waals surface area (Å²) in [4.78, 5) is 10.7. The van der Waals surface area contributed by atoms with Crippen LogP contribution in [0.25, 0.3) is 11.0 Å². The minimum atomic E-state index is 0.360. The van der Waals surface area contributed by atoms with Crippen LogP contribution in [0, 0.1) is 6.92 Å². The maximum atomic E-state index is 10.7. The molecule has 4 heteroatoms. The highest BCUT2D eigenvalue weighted by molar-refractivity contribution is 9.10. The van der Waals surface area contributed by atoms with Gasteiger partial charge in [-0.1, -0.05) is 0 Å². The minimum absolute atomic E-state index is 0.360. The van der Waals surface area contributed by atoms with Crippen LogP contribution in [0.2, 0.25) is 0 Å². The molecule has 0 aliphatic heterocycles. The van der Waals surface area contributed by atoms with Crippen molar-refractivity contribution in [2.45, 2.75) is 6.92 Å². The van der Waals surface area contributed by atoms with Crippen molar-refractivity contribution in [3.8, 4) is 5.75 Å². The standard InChI is InChI=1S/C11H9BrO3/c1-6-9(5-13)15-7-3-4-8(14-2)11(12)10(6)7/h3-5H,1-2H3. The van der Waals surface area contributed by atoms with Gasteiger partial charge in [-0.25, -0.2) is 0 Å². The molecular formula is C11H9BrO3. The van der Waals surface area contributed by atoms with Crippen molar-refractivity contribution < 1.29 is 13.9 Å². The largest absolute Gasteiger partial charge is 0.496 e. The third-order valence-corrected chi connectivity index (χ3v) is 3.15. The zero-order valence-electron chi connectivity index (χ0n) is 8.33. The van der Waals surface area contributed by atoms with Crippen LogP contribution in [0.4, 0.5) is 0 Å². The van der Waals surface area contributed by atoms with E-state index in [1.54, 1.807) is 19.2 Å². The molecular weight excluding hydrogens is 260 g/mol. The SMILES string of the molecule is COc1ccc2oc(C=O)c(C)c2c1Br. The fraction of sp³-hybridized carbons (Fsp3) is 0.182. The molecule has 0 unspecified atom stereocenters. The van der Waals surface area contributed by atoms with Crippen LogP contribution in [0.5, 0.6) is 5.75 Å². The summed E-state index contributed by atoms with van der Waals surface area (Å²) in [5.41, 5.74) is 1.51. The smallest absolute Gasteiger partial charge is 0.185 e. The van der Waals surface area contributed by atoms with E-state index in [9.17, 15) is 4.79 Å².